The molecule has 5 unspecified atom stereocenters. The largest absolute Gasteiger partial charge is 0.462 e. The molecule has 0 bridgehead atoms. The van der Waals surface area contributed by atoms with E-state index in [2.05, 4.69) is 20.8 Å². The SMILES string of the molecule is CC.CCC1CC2C(=O)OC(C)C2CC1CC. The molecule has 1 aliphatic heterocycles. The first-order valence-corrected chi connectivity index (χ1v) is 7.37. The number of hydrogen-bond donors (Lipinski definition) is 0. The summed E-state index contributed by atoms with van der Waals surface area (Å²) in [5, 5.41) is 0. The summed E-state index contributed by atoms with van der Waals surface area (Å²) in [6, 6.07) is 0. The average Bonchev–Trinajstić information content (AvgIpc) is 2.65. The highest BCUT2D eigenvalue weighted by atomic mass is 16.6. The van der Waals surface area contributed by atoms with Gasteiger partial charge in [-0.3, -0.25) is 4.79 Å². The van der Waals surface area contributed by atoms with Gasteiger partial charge < -0.3 is 4.74 Å². The van der Waals surface area contributed by atoms with Crippen molar-refractivity contribution in [1.29, 1.82) is 0 Å². The van der Waals surface area contributed by atoms with Crippen molar-refractivity contribution < 1.29 is 9.53 Å². The van der Waals surface area contributed by atoms with Crippen LogP contribution in [-0.2, 0) is 9.53 Å². The third-order valence-corrected chi connectivity index (χ3v) is 4.57. The molecular weight excluding hydrogens is 212 g/mol. The topological polar surface area (TPSA) is 26.3 Å². The van der Waals surface area contributed by atoms with Crippen LogP contribution in [0.2, 0.25) is 0 Å². The van der Waals surface area contributed by atoms with Crippen molar-refractivity contribution in [2.45, 2.75) is 66.4 Å². The van der Waals surface area contributed by atoms with Crippen molar-refractivity contribution in [2.24, 2.45) is 23.7 Å². The number of carbonyl (C=O) groups excluding carboxylic acids is 1. The third kappa shape index (κ3) is 2.83. The quantitative estimate of drug-likeness (QED) is 0.681. The average molecular weight is 240 g/mol. The van der Waals surface area contributed by atoms with Gasteiger partial charge in [-0.05, 0) is 31.6 Å². The maximum absolute atomic E-state index is 11.7. The smallest absolute Gasteiger partial charge is 0.309 e. The lowest BCUT2D eigenvalue weighted by molar-refractivity contribution is -0.144. The maximum atomic E-state index is 11.7. The van der Waals surface area contributed by atoms with Crippen LogP contribution in [0.1, 0.15) is 60.3 Å². The molecule has 2 rings (SSSR count). The van der Waals surface area contributed by atoms with Crippen molar-refractivity contribution in [2.75, 3.05) is 0 Å². The van der Waals surface area contributed by atoms with Gasteiger partial charge in [-0.1, -0.05) is 40.5 Å². The maximum Gasteiger partial charge on any atom is 0.309 e. The van der Waals surface area contributed by atoms with Gasteiger partial charge in [-0.25, -0.2) is 0 Å². The van der Waals surface area contributed by atoms with Gasteiger partial charge in [0.2, 0.25) is 0 Å². The molecule has 2 aliphatic rings. The van der Waals surface area contributed by atoms with Crippen LogP contribution in [0.3, 0.4) is 0 Å². The predicted molar refractivity (Wildman–Crippen MR) is 70.7 cm³/mol. The van der Waals surface area contributed by atoms with E-state index in [1.807, 2.05) is 13.8 Å². The van der Waals surface area contributed by atoms with E-state index < -0.39 is 0 Å². The highest BCUT2D eigenvalue weighted by molar-refractivity contribution is 5.75. The van der Waals surface area contributed by atoms with Gasteiger partial charge in [-0.15, -0.1) is 0 Å². The van der Waals surface area contributed by atoms with E-state index in [0.29, 0.717) is 5.92 Å². The first-order chi connectivity index (χ1) is 8.17. The molecule has 17 heavy (non-hydrogen) atoms. The molecule has 1 saturated heterocycles. The Labute approximate surface area is 106 Å². The summed E-state index contributed by atoms with van der Waals surface area (Å²) in [7, 11) is 0. The molecule has 0 N–H and O–H groups in total. The lowest BCUT2D eigenvalue weighted by Gasteiger charge is -2.36. The minimum Gasteiger partial charge on any atom is -0.462 e. The second-order valence-corrected chi connectivity index (χ2v) is 5.22. The van der Waals surface area contributed by atoms with Crippen molar-refractivity contribution in [3.8, 4) is 0 Å². The summed E-state index contributed by atoms with van der Waals surface area (Å²) in [5.41, 5.74) is 0. The van der Waals surface area contributed by atoms with Gasteiger partial charge in [-0.2, -0.15) is 0 Å². The molecule has 1 saturated carbocycles. The number of cyclic esters (lactones) is 1. The van der Waals surface area contributed by atoms with Crippen molar-refractivity contribution in [3.05, 3.63) is 0 Å². The molecule has 100 valence electrons. The Balaban J connectivity index is 0.000000686. The fourth-order valence-electron chi connectivity index (χ4n) is 3.55. The zero-order valence-electron chi connectivity index (χ0n) is 12.0. The first-order valence-electron chi connectivity index (χ1n) is 7.37. The summed E-state index contributed by atoms with van der Waals surface area (Å²) >= 11 is 0. The summed E-state index contributed by atoms with van der Waals surface area (Å²) in [6.07, 6.45) is 4.90. The van der Waals surface area contributed by atoms with Crippen LogP contribution in [0.25, 0.3) is 0 Å². The molecule has 1 aliphatic carbocycles. The number of hydrogen-bond acceptors (Lipinski definition) is 2. The fraction of sp³-hybridized carbons (Fsp3) is 0.933. The summed E-state index contributed by atoms with van der Waals surface area (Å²) < 4.78 is 5.35. The van der Waals surface area contributed by atoms with Crippen molar-refractivity contribution in [1.82, 2.24) is 0 Å². The lowest BCUT2D eigenvalue weighted by Crippen LogP contribution is -2.33. The van der Waals surface area contributed by atoms with Gasteiger partial charge in [0.25, 0.3) is 0 Å². The Kier molecular flexibility index (Phi) is 5.48. The van der Waals surface area contributed by atoms with Crippen LogP contribution in [0.15, 0.2) is 0 Å². The molecule has 0 spiro atoms. The van der Waals surface area contributed by atoms with E-state index in [-0.39, 0.29) is 18.0 Å². The first kappa shape index (κ1) is 14.5. The lowest BCUT2D eigenvalue weighted by atomic mass is 9.66. The fourth-order valence-corrected chi connectivity index (χ4v) is 3.55. The third-order valence-electron chi connectivity index (χ3n) is 4.57. The number of ether oxygens (including phenoxy) is 1. The monoisotopic (exact) mass is 240 g/mol. The van der Waals surface area contributed by atoms with E-state index in [9.17, 15) is 4.79 Å². The van der Waals surface area contributed by atoms with Crippen LogP contribution >= 0.6 is 0 Å². The van der Waals surface area contributed by atoms with Gasteiger partial charge in [0.05, 0.1) is 5.92 Å². The van der Waals surface area contributed by atoms with Crippen molar-refractivity contribution >= 4 is 5.97 Å². The normalized spacial score (nSPS) is 40.1. The second-order valence-electron chi connectivity index (χ2n) is 5.22. The molecule has 2 nitrogen and oxygen atoms in total. The van der Waals surface area contributed by atoms with Gasteiger partial charge in [0.1, 0.15) is 6.10 Å². The van der Waals surface area contributed by atoms with Crippen LogP contribution in [0, 0.1) is 23.7 Å². The van der Waals surface area contributed by atoms with Crippen LogP contribution in [-0.4, -0.2) is 12.1 Å². The minimum absolute atomic E-state index is 0.0699. The number of esters is 1. The highest BCUT2D eigenvalue weighted by Crippen LogP contribution is 2.46. The Morgan fingerprint density at radius 1 is 1.12 bits per heavy atom. The van der Waals surface area contributed by atoms with Crippen LogP contribution in [0.4, 0.5) is 0 Å². The Morgan fingerprint density at radius 2 is 1.65 bits per heavy atom. The predicted octanol–water partition coefficient (Wildman–Crippen LogP) is 4.04. The molecule has 0 aromatic carbocycles. The molecule has 0 amide bonds. The van der Waals surface area contributed by atoms with Crippen molar-refractivity contribution in [3.63, 3.8) is 0 Å². The highest BCUT2D eigenvalue weighted by Gasteiger charge is 2.47. The zero-order chi connectivity index (χ0) is 13.0. The van der Waals surface area contributed by atoms with Crippen LogP contribution < -0.4 is 0 Å². The molecule has 2 fully saturated rings. The number of fused-ring (bicyclic) bond motifs is 1. The number of rotatable bonds is 2. The molecule has 1 heterocycles. The molecular formula is C15H28O2. The van der Waals surface area contributed by atoms with E-state index in [0.717, 1.165) is 18.3 Å². The summed E-state index contributed by atoms with van der Waals surface area (Å²) in [6.45, 7) is 10.6. The van der Waals surface area contributed by atoms with E-state index in [1.54, 1.807) is 0 Å². The van der Waals surface area contributed by atoms with E-state index in [4.69, 9.17) is 4.74 Å². The number of carbonyl (C=O) groups is 1. The van der Waals surface area contributed by atoms with Crippen LogP contribution in [0.5, 0.6) is 0 Å². The van der Waals surface area contributed by atoms with Gasteiger partial charge in [0.15, 0.2) is 0 Å². The minimum atomic E-state index is 0.0699. The van der Waals surface area contributed by atoms with E-state index in [1.165, 1.54) is 19.3 Å². The van der Waals surface area contributed by atoms with E-state index >= 15 is 0 Å². The Morgan fingerprint density at radius 3 is 2.18 bits per heavy atom. The second kappa shape index (κ2) is 6.42. The van der Waals surface area contributed by atoms with Gasteiger partial charge in [0, 0.05) is 5.92 Å². The molecule has 2 heteroatoms. The van der Waals surface area contributed by atoms with Gasteiger partial charge >= 0.3 is 5.97 Å². The molecule has 0 aromatic heterocycles. The Bertz CT molecular complexity index is 249. The standard InChI is InChI=1S/C13H22O2.C2H6/c1-4-9-6-11-8(3)15-13(14)12(11)7-10(9)5-2;1-2/h8-12H,4-7H2,1-3H3;1-2H3. The molecule has 0 aromatic rings. The zero-order valence-corrected chi connectivity index (χ0v) is 12.0. The summed E-state index contributed by atoms with van der Waals surface area (Å²) in [4.78, 5) is 11.7. The summed E-state index contributed by atoms with van der Waals surface area (Å²) in [5.74, 6) is 2.35. The molecule has 5 atom stereocenters. The Hall–Kier alpha value is -0.530. The molecule has 0 radical (unpaired) electrons.